The van der Waals surface area contributed by atoms with Crippen molar-refractivity contribution in [3.8, 4) is 18.1 Å². The summed E-state index contributed by atoms with van der Waals surface area (Å²) in [6.45, 7) is -0.153. The van der Waals surface area contributed by atoms with E-state index < -0.39 is 6.04 Å². The average Bonchev–Trinajstić information content (AvgIpc) is 2.70. The third-order valence-electron chi connectivity index (χ3n) is 3.67. The van der Waals surface area contributed by atoms with Gasteiger partial charge in [0.15, 0.2) is 6.61 Å². The van der Waals surface area contributed by atoms with Crippen LogP contribution in [-0.2, 0) is 9.59 Å². The van der Waals surface area contributed by atoms with E-state index in [-0.39, 0.29) is 18.4 Å². The molecule has 6 heteroatoms. The van der Waals surface area contributed by atoms with Gasteiger partial charge < -0.3 is 15.4 Å². The zero-order valence-electron chi connectivity index (χ0n) is 15.1. The number of para-hydroxylation sites is 1. The number of nitrogens with one attached hydrogen (secondary N) is 2. The fraction of sp³-hybridized carbons (Fsp3) is 0.238. The Morgan fingerprint density at radius 3 is 2.67 bits per heavy atom. The summed E-state index contributed by atoms with van der Waals surface area (Å²) in [6, 6.07) is 15.4. The summed E-state index contributed by atoms with van der Waals surface area (Å²) in [5, 5.41) is 5.55. The van der Waals surface area contributed by atoms with E-state index in [1.807, 2.05) is 24.5 Å². The van der Waals surface area contributed by atoms with Gasteiger partial charge in [-0.1, -0.05) is 30.2 Å². The Bertz CT molecular complexity index is 803. The van der Waals surface area contributed by atoms with Gasteiger partial charge in [0.25, 0.3) is 5.91 Å². The van der Waals surface area contributed by atoms with Gasteiger partial charge in [-0.15, -0.1) is 6.42 Å². The minimum absolute atomic E-state index is 0.153. The van der Waals surface area contributed by atoms with Crippen molar-refractivity contribution in [1.29, 1.82) is 0 Å². The van der Waals surface area contributed by atoms with Crippen LogP contribution in [0, 0.1) is 12.3 Å². The van der Waals surface area contributed by atoms with Gasteiger partial charge in [0.05, 0.1) is 0 Å². The Hall–Kier alpha value is -2.91. The van der Waals surface area contributed by atoms with Crippen LogP contribution in [0.25, 0.3) is 0 Å². The normalized spacial score (nSPS) is 11.1. The first-order valence-electron chi connectivity index (χ1n) is 8.46. The minimum atomic E-state index is -0.654. The summed E-state index contributed by atoms with van der Waals surface area (Å²) >= 11 is 1.61. The van der Waals surface area contributed by atoms with Crippen molar-refractivity contribution in [2.75, 3.05) is 23.9 Å². The molecule has 0 aliphatic heterocycles. The molecule has 2 aromatic rings. The van der Waals surface area contributed by atoms with E-state index in [1.54, 1.807) is 48.2 Å². The predicted octanol–water partition coefficient (Wildman–Crippen LogP) is 2.92. The maximum Gasteiger partial charge on any atom is 0.258 e. The molecule has 0 spiro atoms. The first-order valence-corrected chi connectivity index (χ1v) is 9.85. The molecule has 0 aliphatic rings. The third-order valence-corrected chi connectivity index (χ3v) is 4.32. The highest BCUT2D eigenvalue weighted by Gasteiger charge is 2.21. The quantitative estimate of drug-likeness (QED) is 0.655. The fourth-order valence-corrected chi connectivity index (χ4v) is 2.79. The first-order chi connectivity index (χ1) is 13.1. The molecule has 0 radical (unpaired) electrons. The molecule has 2 aromatic carbocycles. The molecular formula is C21H22N2O3S. The highest BCUT2D eigenvalue weighted by atomic mass is 32.2. The van der Waals surface area contributed by atoms with Crippen LogP contribution in [0.15, 0.2) is 54.6 Å². The Kier molecular flexibility index (Phi) is 8.27. The molecule has 140 valence electrons. The minimum Gasteiger partial charge on any atom is -0.484 e. The lowest BCUT2D eigenvalue weighted by Gasteiger charge is -2.18. The number of amides is 2. The van der Waals surface area contributed by atoms with Gasteiger partial charge in [0.2, 0.25) is 5.91 Å². The average molecular weight is 382 g/mol. The Balaban J connectivity index is 1.95. The molecule has 1 unspecified atom stereocenters. The predicted molar refractivity (Wildman–Crippen MR) is 110 cm³/mol. The van der Waals surface area contributed by atoms with E-state index in [0.717, 1.165) is 5.75 Å². The summed E-state index contributed by atoms with van der Waals surface area (Å²) in [4.78, 5) is 24.8. The SMILES string of the molecule is C#Cc1cccc(NC(=O)C(CCSC)NC(=O)COc2ccccc2)c1. The smallest absolute Gasteiger partial charge is 0.258 e. The van der Waals surface area contributed by atoms with Gasteiger partial charge in [0, 0.05) is 11.3 Å². The first kappa shape index (κ1) is 20.4. The Labute approximate surface area is 163 Å². The van der Waals surface area contributed by atoms with Crippen LogP contribution < -0.4 is 15.4 Å². The third kappa shape index (κ3) is 7.08. The maximum atomic E-state index is 12.6. The van der Waals surface area contributed by atoms with Crippen LogP contribution in [0.1, 0.15) is 12.0 Å². The molecule has 1 atom stereocenters. The molecule has 0 bridgehead atoms. The summed E-state index contributed by atoms with van der Waals surface area (Å²) < 4.78 is 5.43. The van der Waals surface area contributed by atoms with Crippen molar-refractivity contribution in [2.24, 2.45) is 0 Å². The van der Waals surface area contributed by atoms with E-state index in [9.17, 15) is 9.59 Å². The highest BCUT2D eigenvalue weighted by Crippen LogP contribution is 2.12. The van der Waals surface area contributed by atoms with Gasteiger partial charge in [-0.2, -0.15) is 11.8 Å². The lowest BCUT2D eigenvalue weighted by atomic mass is 10.1. The van der Waals surface area contributed by atoms with Crippen molar-refractivity contribution >= 4 is 29.3 Å². The number of hydrogen-bond acceptors (Lipinski definition) is 4. The van der Waals surface area contributed by atoms with Crippen LogP contribution in [0.5, 0.6) is 5.75 Å². The molecule has 2 rings (SSSR count). The van der Waals surface area contributed by atoms with Crippen molar-refractivity contribution in [1.82, 2.24) is 5.32 Å². The lowest BCUT2D eigenvalue weighted by molar-refractivity contribution is -0.127. The van der Waals surface area contributed by atoms with Crippen molar-refractivity contribution in [2.45, 2.75) is 12.5 Å². The van der Waals surface area contributed by atoms with Gasteiger partial charge in [-0.25, -0.2) is 0 Å². The van der Waals surface area contributed by atoms with Gasteiger partial charge in [0.1, 0.15) is 11.8 Å². The summed E-state index contributed by atoms with van der Waals surface area (Å²) in [5.74, 6) is 3.23. The van der Waals surface area contributed by atoms with Crippen LogP contribution in [0.4, 0.5) is 5.69 Å². The van der Waals surface area contributed by atoms with Crippen LogP contribution in [0.3, 0.4) is 0 Å². The molecule has 0 fully saturated rings. The highest BCUT2D eigenvalue weighted by molar-refractivity contribution is 7.98. The number of ether oxygens (including phenoxy) is 1. The van der Waals surface area contributed by atoms with E-state index in [1.165, 1.54) is 0 Å². The molecule has 2 amide bonds. The molecular weight excluding hydrogens is 360 g/mol. The molecule has 0 saturated carbocycles. The van der Waals surface area contributed by atoms with Crippen molar-refractivity contribution < 1.29 is 14.3 Å². The number of carbonyl (C=O) groups excluding carboxylic acids is 2. The van der Waals surface area contributed by atoms with E-state index in [0.29, 0.717) is 23.4 Å². The molecule has 27 heavy (non-hydrogen) atoms. The van der Waals surface area contributed by atoms with E-state index in [2.05, 4.69) is 16.6 Å². The molecule has 0 heterocycles. The summed E-state index contributed by atoms with van der Waals surface area (Å²) in [7, 11) is 0. The monoisotopic (exact) mass is 382 g/mol. The van der Waals surface area contributed by atoms with Crippen LogP contribution in [0.2, 0.25) is 0 Å². The van der Waals surface area contributed by atoms with E-state index in [4.69, 9.17) is 11.2 Å². The van der Waals surface area contributed by atoms with Crippen molar-refractivity contribution in [3.05, 3.63) is 60.2 Å². The Morgan fingerprint density at radius 1 is 1.19 bits per heavy atom. The second kappa shape index (κ2) is 10.9. The van der Waals surface area contributed by atoms with E-state index >= 15 is 0 Å². The molecule has 0 aliphatic carbocycles. The number of rotatable bonds is 9. The van der Waals surface area contributed by atoms with Gasteiger partial charge in [-0.3, -0.25) is 9.59 Å². The topological polar surface area (TPSA) is 67.4 Å². The van der Waals surface area contributed by atoms with Gasteiger partial charge >= 0.3 is 0 Å². The van der Waals surface area contributed by atoms with Crippen LogP contribution in [-0.4, -0.2) is 36.5 Å². The van der Waals surface area contributed by atoms with Gasteiger partial charge in [-0.05, 0) is 48.8 Å². The number of terminal acetylenes is 1. The molecule has 2 N–H and O–H groups in total. The standard InChI is InChI=1S/C21H22N2O3S/c1-3-16-8-7-9-17(14-16)22-21(25)19(12-13-27-2)23-20(24)15-26-18-10-5-4-6-11-18/h1,4-11,14,19H,12-13,15H2,2H3,(H,22,25)(H,23,24). The summed E-state index contributed by atoms with van der Waals surface area (Å²) in [5.41, 5.74) is 1.27. The number of hydrogen-bond donors (Lipinski definition) is 2. The summed E-state index contributed by atoms with van der Waals surface area (Å²) in [6.07, 6.45) is 7.85. The molecule has 0 aromatic heterocycles. The molecule has 0 saturated heterocycles. The number of benzene rings is 2. The second-order valence-corrected chi connectivity index (χ2v) is 6.70. The van der Waals surface area contributed by atoms with Crippen LogP contribution >= 0.6 is 11.8 Å². The Morgan fingerprint density at radius 2 is 1.96 bits per heavy atom. The number of anilines is 1. The zero-order valence-corrected chi connectivity index (χ0v) is 15.9. The zero-order chi connectivity index (χ0) is 19.5. The second-order valence-electron chi connectivity index (χ2n) is 5.72. The number of carbonyl (C=O) groups is 2. The lowest BCUT2D eigenvalue weighted by Crippen LogP contribution is -2.45. The van der Waals surface area contributed by atoms with Crippen molar-refractivity contribution in [3.63, 3.8) is 0 Å². The maximum absolute atomic E-state index is 12.6. The largest absolute Gasteiger partial charge is 0.484 e. The fourth-order valence-electron chi connectivity index (χ4n) is 2.32. The molecule has 5 nitrogen and oxygen atoms in total. The number of thioether (sulfide) groups is 1.